The van der Waals surface area contributed by atoms with Crippen LogP contribution in [0.4, 0.5) is 5.69 Å². The molecule has 2 aromatic rings. The van der Waals surface area contributed by atoms with Crippen molar-refractivity contribution >= 4 is 11.6 Å². The van der Waals surface area contributed by atoms with Gasteiger partial charge in [0.05, 0.1) is 23.9 Å². The molecule has 2 heterocycles. The van der Waals surface area contributed by atoms with Gasteiger partial charge in [-0.1, -0.05) is 0 Å². The van der Waals surface area contributed by atoms with Crippen molar-refractivity contribution < 1.29 is 4.79 Å². The molecule has 1 N–H and O–H groups in total. The van der Waals surface area contributed by atoms with Crippen molar-refractivity contribution in [2.45, 2.75) is 51.2 Å². The van der Waals surface area contributed by atoms with Crippen LogP contribution in [-0.2, 0) is 17.8 Å². The zero-order valence-corrected chi connectivity index (χ0v) is 15.0. The second-order valence-corrected chi connectivity index (χ2v) is 6.96. The van der Waals surface area contributed by atoms with Gasteiger partial charge < -0.3 is 4.90 Å². The van der Waals surface area contributed by atoms with Gasteiger partial charge in [0.2, 0.25) is 5.91 Å². The lowest BCUT2D eigenvalue weighted by Crippen LogP contribution is -2.41. The molecule has 2 atom stereocenters. The lowest BCUT2D eigenvalue weighted by atomic mass is 9.92. The fourth-order valence-corrected chi connectivity index (χ4v) is 4.11. The standard InChI is InChI=1S/C20H23N5O/c1-2-25-19-5-3-4-17(16(19)13-22-25)23-18-10-11-24(20(18)26)15-8-6-14(12-21)7-9-15/h6-9,13,17-18,23H,2-5,10-11H2,1H3/t17-,18-/m1/s1. The summed E-state index contributed by atoms with van der Waals surface area (Å²) in [6, 6.07) is 9.37. The highest BCUT2D eigenvalue weighted by Gasteiger charge is 2.35. The number of hydrogen-bond acceptors (Lipinski definition) is 4. The van der Waals surface area contributed by atoms with Crippen molar-refractivity contribution in [3.63, 3.8) is 0 Å². The molecule has 26 heavy (non-hydrogen) atoms. The Kier molecular flexibility index (Phi) is 4.48. The van der Waals surface area contributed by atoms with Gasteiger partial charge in [0.25, 0.3) is 0 Å². The number of amides is 1. The maximum atomic E-state index is 12.9. The van der Waals surface area contributed by atoms with E-state index in [0.717, 1.165) is 37.9 Å². The number of carbonyl (C=O) groups excluding carboxylic acids is 1. The molecule has 6 heteroatoms. The van der Waals surface area contributed by atoms with E-state index in [9.17, 15) is 4.79 Å². The molecule has 134 valence electrons. The molecule has 1 fully saturated rings. The number of nitriles is 1. The highest BCUT2D eigenvalue weighted by Crippen LogP contribution is 2.31. The molecule has 1 aromatic heterocycles. The van der Waals surface area contributed by atoms with Crippen LogP contribution in [0.3, 0.4) is 0 Å². The summed E-state index contributed by atoms with van der Waals surface area (Å²) in [4.78, 5) is 14.7. The zero-order valence-electron chi connectivity index (χ0n) is 15.0. The Balaban J connectivity index is 1.48. The second kappa shape index (κ2) is 6.93. The monoisotopic (exact) mass is 349 g/mol. The number of aryl methyl sites for hydroxylation is 1. The third-order valence-corrected chi connectivity index (χ3v) is 5.48. The molecule has 0 unspecified atom stereocenters. The predicted molar refractivity (Wildman–Crippen MR) is 98.6 cm³/mol. The summed E-state index contributed by atoms with van der Waals surface area (Å²) < 4.78 is 2.07. The van der Waals surface area contributed by atoms with Gasteiger partial charge in [-0.05, 0) is 56.9 Å². The molecule has 1 saturated heterocycles. The van der Waals surface area contributed by atoms with Gasteiger partial charge in [0.1, 0.15) is 0 Å². The third-order valence-electron chi connectivity index (χ3n) is 5.48. The molecule has 0 radical (unpaired) electrons. The van der Waals surface area contributed by atoms with Gasteiger partial charge in [-0.2, -0.15) is 10.4 Å². The van der Waals surface area contributed by atoms with Gasteiger partial charge in [0.15, 0.2) is 0 Å². The van der Waals surface area contributed by atoms with Crippen LogP contribution in [-0.4, -0.2) is 28.3 Å². The van der Waals surface area contributed by atoms with E-state index in [1.165, 1.54) is 11.3 Å². The minimum Gasteiger partial charge on any atom is -0.311 e. The lowest BCUT2D eigenvalue weighted by molar-refractivity contribution is -0.119. The molecule has 1 aliphatic carbocycles. The van der Waals surface area contributed by atoms with Gasteiger partial charge in [0, 0.05) is 36.1 Å². The van der Waals surface area contributed by atoms with Crippen molar-refractivity contribution in [2.75, 3.05) is 11.4 Å². The van der Waals surface area contributed by atoms with Crippen LogP contribution < -0.4 is 10.2 Å². The molecule has 0 bridgehead atoms. The van der Waals surface area contributed by atoms with Crippen LogP contribution in [0.15, 0.2) is 30.5 Å². The van der Waals surface area contributed by atoms with Crippen molar-refractivity contribution in [3.05, 3.63) is 47.3 Å². The van der Waals surface area contributed by atoms with Gasteiger partial charge in [-0.25, -0.2) is 0 Å². The van der Waals surface area contributed by atoms with E-state index >= 15 is 0 Å². The Morgan fingerprint density at radius 1 is 1.27 bits per heavy atom. The Morgan fingerprint density at radius 3 is 2.81 bits per heavy atom. The van der Waals surface area contributed by atoms with Crippen molar-refractivity contribution in [3.8, 4) is 6.07 Å². The van der Waals surface area contributed by atoms with E-state index in [-0.39, 0.29) is 18.0 Å². The summed E-state index contributed by atoms with van der Waals surface area (Å²) in [6.45, 7) is 3.70. The molecular weight excluding hydrogens is 326 g/mol. The Morgan fingerprint density at radius 2 is 2.08 bits per heavy atom. The number of rotatable bonds is 4. The molecule has 2 aliphatic rings. The Bertz CT molecular complexity index is 848. The molecule has 0 saturated carbocycles. The Labute approximate surface area is 153 Å². The van der Waals surface area contributed by atoms with E-state index in [0.29, 0.717) is 12.1 Å². The van der Waals surface area contributed by atoms with E-state index in [2.05, 4.69) is 28.1 Å². The van der Waals surface area contributed by atoms with E-state index in [4.69, 9.17) is 5.26 Å². The molecule has 1 aromatic carbocycles. The maximum absolute atomic E-state index is 12.9. The number of aromatic nitrogens is 2. The average molecular weight is 349 g/mol. The van der Waals surface area contributed by atoms with Crippen molar-refractivity contribution in [1.29, 1.82) is 5.26 Å². The van der Waals surface area contributed by atoms with Crippen LogP contribution in [0.5, 0.6) is 0 Å². The minimum absolute atomic E-state index is 0.115. The SMILES string of the molecule is CCn1ncc2c1CCC[C@H]2N[C@@H]1CCN(c2ccc(C#N)cc2)C1=O. The van der Waals surface area contributed by atoms with Crippen molar-refractivity contribution in [2.24, 2.45) is 0 Å². The van der Waals surface area contributed by atoms with Crippen LogP contribution in [0.2, 0.25) is 0 Å². The third kappa shape index (κ3) is 2.89. The minimum atomic E-state index is -0.161. The fourth-order valence-electron chi connectivity index (χ4n) is 4.11. The van der Waals surface area contributed by atoms with Gasteiger partial charge in [-0.15, -0.1) is 0 Å². The number of carbonyl (C=O) groups is 1. The molecule has 1 aliphatic heterocycles. The summed E-state index contributed by atoms with van der Waals surface area (Å²) in [6.07, 6.45) is 6.00. The van der Waals surface area contributed by atoms with E-state index < -0.39 is 0 Å². The highest BCUT2D eigenvalue weighted by molar-refractivity contribution is 5.99. The zero-order chi connectivity index (χ0) is 18.1. The topological polar surface area (TPSA) is 74.0 Å². The number of benzene rings is 1. The van der Waals surface area contributed by atoms with Gasteiger partial charge >= 0.3 is 0 Å². The summed E-state index contributed by atoms with van der Waals surface area (Å²) in [5, 5.41) is 17.0. The summed E-state index contributed by atoms with van der Waals surface area (Å²) in [5.74, 6) is 0.115. The highest BCUT2D eigenvalue weighted by atomic mass is 16.2. The number of hydrogen-bond donors (Lipinski definition) is 1. The van der Waals surface area contributed by atoms with Crippen LogP contribution in [0, 0.1) is 11.3 Å². The summed E-state index contributed by atoms with van der Waals surface area (Å²) >= 11 is 0. The normalized spacial score (nSPS) is 22.3. The summed E-state index contributed by atoms with van der Waals surface area (Å²) in [5.41, 5.74) is 4.03. The smallest absolute Gasteiger partial charge is 0.244 e. The quantitative estimate of drug-likeness (QED) is 0.920. The number of nitrogens with one attached hydrogen (secondary N) is 1. The fraction of sp³-hybridized carbons (Fsp3) is 0.450. The van der Waals surface area contributed by atoms with Gasteiger partial charge in [-0.3, -0.25) is 14.8 Å². The largest absolute Gasteiger partial charge is 0.311 e. The molecule has 6 nitrogen and oxygen atoms in total. The predicted octanol–water partition coefficient (Wildman–Crippen LogP) is 2.55. The number of anilines is 1. The first-order valence-electron chi connectivity index (χ1n) is 9.33. The van der Waals surface area contributed by atoms with Crippen molar-refractivity contribution in [1.82, 2.24) is 15.1 Å². The molecule has 4 rings (SSSR count). The van der Waals surface area contributed by atoms with Crippen LogP contribution in [0.1, 0.15) is 49.0 Å². The number of fused-ring (bicyclic) bond motifs is 1. The first-order valence-corrected chi connectivity index (χ1v) is 9.33. The molecule has 1 amide bonds. The summed E-state index contributed by atoms with van der Waals surface area (Å²) in [7, 11) is 0. The van der Waals surface area contributed by atoms with Crippen LogP contribution in [0.25, 0.3) is 0 Å². The average Bonchev–Trinajstić information content (AvgIpc) is 3.26. The molecular formula is C20H23N5O. The Hall–Kier alpha value is -2.65. The molecule has 0 spiro atoms. The maximum Gasteiger partial charge on any atom is 0.244 e. The van der Waals surface area contributed by atoms with E-state index in [1.54, 1.807) is 12.1 Å². The second-order valence-electron chi connectivity index (χ2n) is 6.96. The van der Waals surface area contributed by atoms with Crippen LogP contribution >= 0.6 is 0 Å². The van der Waals surface area contributed by atoms with E-state index in [1.807, 2.05) is 23.2 Å². The lowest BCUT2D eigenvalue weighted by Gasteiger charge is -2.27. The number of nitrogens with zero attached hydrogens (tertiary/aromatic N) is 4. The first kappa shape index (κ1) is 16.8. The first-order chi connectivity index (χ1) is 12.7.